The van der Waals surface area contributed by atoms with Crippen molar-refractivity contribution in [1.29, 1.82) is 0 Å². The van der Waals surface area contributed by atoms with Gasteiger partial charge in [0.15, 0.2) is 18.1 Å². The Balaban J connectivity index is 1.62. The molecule has 0 atom stereocenters. The zero-order valence-corrected chi connectivity index (χ0v) is 23.1. The Kier molecular flexibility index (Phi) is 8.92. The summed E-state index contributed by atoms with van der Waals surface area (Å²) < 4.78 is 32.5. The van der Waals surface area contributed by atoms with Crippen molar-refractivity contribution in [2.45, 2.75) is 19.8 Å². The standard InChI is InChI=1S/C28H26BrFN4O5/c1-4-7-25-32-21-11-10-18(29)14-19(21)28(36)34(25)31-15-17-12-23(37-2)27(24(13-17)38-3)39-16-26(35)33-22-9-6-5-8-20(22)30/h5-6,8-15H,4,7,16H2,1-3H3,(H,33,35). The third-order valence-electron chi connectivity index (χ3n) is 5.65. The van der Waals surface area contributed by atoms with Gasteiger partial charge in [-0.05, 0) is 48.9 Å². The van der Waals surface area contributed by atoms with E-state index >= 15 is 0 Å². The molecule has 3 aromatic carbocycles. The van der Waals surface area contributed by atoms with E-state index in [0.29, 0.717) is 28.7 Å². The van der Waals surface area contributed by atoms with Crippen LogP contribution in [0.4, 0.5) is 10.1 Å². The van der Waals surface area contributed by atoms with Crippen LogP contribution in [0.3, 0.4) is 0 Å². The van der Waals surface area contributed by atoms with Crippen LogP contribution in [0.1, 0.15) is 24.7 Å². The molecule has 9 nitrogen and oxygen atoms in total. The molecule has 0 unspecified atom stereocenters. The number of anilines is 1. The van der Waals surface area contributed by atoms with Crippen molar-refractivity contribution in [3.05, 3.63) is 86.6 Å². The number of hydrogen-bond donors (Lipinski definition) is 1. The molecular formula is C28H26BrFN4O5. The summed E-state index contributed by atoms with van der Waals surface area (Å²) in [4.78, 5) is 30.2. The lowest BCUT2D eigenvalue weighted by molar-refractivity contribution is -0.118. The Morgan fingerprint density at radius 2 is 1.85 bits per heavy atom. The van der Waals surface area contributed by atoms with Crippen molar-refractivity contribution >= 4 is 44.6 Å². The zero-order chi connectivity index (χ0) is 27.9. The lowest BCUT2D eigenvalue weighted by atomic mass is 10.2. The Labute approximate surface area is 232 Å². The largest absolute Gasteiger partial charge is 0.493 e. The molecule has 0 saturated carbocycles. The number of para-hydroxylation sites is 1. The van der Waals surface area contributed by atoms with Crippen LogP contribution in [-0.4, -0.2) is 42.6 Å². The molecule has 11 heteroatoms. The summed E-state index contributed by atoms with van der Waals surface area (Å²) in [5, 5.41) is 7.33. The fraction of sp³-hybridized carbons (Fsp3) is 0.214. The smallest absolute Gasteiger partial charge is 0.282 e. The van der Waals surface area contributed by atoms with Crippen LogP contribution in [0.15, 0.2) is 69.0 Å². The first-order valence-corrected chi connectivity index (χ1v) is 12.8. The molecule has 0 fully saturated rings. The van der Waals surface area contributed by atoms with E-state index in [0.717, 1.165) is 10.9 Å². The van der Waals surface area contributed by atoms with Crippen molar-refractivity contribution in [3.63, 3.8) is 0 Å². The molecule has 1 heterocycles. The van der Waals surface area contributed by atoms with Gasteiger partial charge >= 0.3 is 0 Å². The number of nitrogens with one attached hydrogen (secondary N) is 1. The summed E-state index contributed by atoms with van der Waals surface area (Å²) in [5.41, 5.74) is 0.906. The minimum Gasteiger partial charge on any atom is -0.493 e. The van der Waals surface area contributed by atoms with Crippen molar-refractivity contribution in [2.75, 3.05) is 26.1 Å². The van der Waals surface area contributed by atoms with Gasteiger partial charge < -0.3 is 19.5 Å². The second-order valence-corrected chi connectivity index (χ2v) is 9.29. The van der Waals surface area contributed by atoms with Gasteiger partial charge in [0, 0.05) is 16.5 Å². The highest BCUT2D eigenvalue weighted by molar-refractivity contribution is 9.10. The van der Waals surface area contributed by atoms with Crippen molar-refractivity contribution in [1.82, 2.24) is 9.66 Å². The fourth-order valence-electron chi connectivity index (χ4n) is 3.83. The number of methoxy groups -OCH3 is 2. The molecule has 0 bridgehead atoms. The predicted molar refractivity (Wildman–Crippen MR) is 151 cm³/mol. The number of carbonyl (C=O) groups is 1. The maximum atomic E-state index is 13.8. The molecule has 1 N–H and O–H groups in total. The van der Waals surface area contributed by atoms with Crippen LogP contribution in [0, 0.1) is 5.82 Å². The molecule has 0 saturated heterocycles. The summed E-state index contributed by atoms with van der Waals surface area (Å²) in [7, 11) is 2.88. The number of halogens is 2. The van der Waals surface area contributed by atoms with E-state index in [1.807, 2.05) is 13.0 Å². The van der Waals surface area contributed by atoms with E-state index in [-0.39, 0.29) is 28.5 Å². The SMILES string of the molecule is CCCc1nc2ccc(Br)cc2c(=O)n1N=Cc1cc(OC)c(OCC(=O)Nc2ccccc2F)c(OC)c1. The van der Waals surface area contributed by atoms with E-state index in [1.54, 1.807) is 30.3 Å². The van der Waals surface area contributed by atoms with Crippen LogP contribution >= 0.6 is 15.9 Å². The molecule has 39 heavy (non-hydrogen) atoms. The molecule has 4 rings (SSSR count). The minimum atomic E-state index is -0.562. The highest BCUT2D eigenvalue weighted by Crippen LogP contribution is 2.38. The second kappa shape index (κ2) is 12.5. The Morgan fingerprint density at radius 1 is 1.13 bits per heavy atom. The lowest BCUT2D eigenvalue weighted by Gasteiger charge is -2.15. The van der Waals surface area contributed by atoms with Crippen LogP contribution in [0.25, 0.3) is 10.9 Å². The van der Waals surface area contributed by atoms with E-state index in [2.05, 4.69) is 31.3 Å². The van der Waals surface area contributed by atoms with Crippen LogP contribution < -0.4 is 25.1 Å². The van der Waals surface area contributed by atoms with Crippen LogP contribution in [-0.2, 0) is 11.2 Å². The molecule has 0 spiro atoms. The average Bonchev–Trinajstić information content (AvgIpc) is 2.93. The third-order valence-corrected chi connectivity index (χ3v) is 6.14. The first-order valence-electron chi connectivity index (χ1n) is 12.0. The monoisotopic (exact) mass is 596 g/mol. The second-order valence-electron chi connectivity index (χ2n) is 8.37. The maximum absolute atomic E-state index is 13.8. The van der Waals surface area contributed by atoms with Gasteiger partial charge in [-0.1, -0.05) is 35.0 Å². The van der Waals surface area contributed by atoms with Crippen molar-refractivity contribution < 1.29 is 23.4 Å². The highest BCUT2D eigenvalue weighted by atomic mass is 79.9. The number of carbonyl (C=O) groups excluding carboxylic acids is 1. The Bertz CT molecular complexity index is 1580. The van der Waals surface area contributed by atoms with Gasteiger partial charge in [-0.15, -0.1) is 0 Å². The molecular weight excluding hydrogens is 571 g/mol. The van der Waals surface area contributed by atoms with E-state index in [1.165, 1.54) is 43.3 Å². The first-order chi connectivity index (χ1) is 18.8. The van der Waals surface area contributed by atoms with Gasteiger partial charge in [0.05, 0.1) is 37.0 Å². The molecule has 1 aromatic heterocycles. The molecule has 0 radical (unpaired) electrons. The van der Waals surface area contributed by atoms with Gasteiger partial charge in [0.1, 0.15) is 11.6 Å². The van der Waals surface area contributed by atoms with Gasteiger partial charge in [0.25, 0.3) is 11.5 Å². The first kappa shape index (κ1) is 27.8. The van der Waals surface area contributed by atoms with Crippen LogP contribution in [0.5, 0.6) is 17.2 Å². The maximum Gasteiger partial charge on any atom is 0.282 e. The van der Waals surface area contributed by atoms with Gasteiger partial charge in [-0.25, -0.2) is 9.37 Å². The van der Waals surface area contributed by atoms with Crippen molar-refractivity contribution in [2.24, 2.45) is 5.10 Å². The lowest BCUT2D eigenvalue weighted by Crippen LogP contribution is -2.22. The minimum absolute atomic E-state index is 0.0461. The number of aryl methyl sites for hydroxylation is 1. The van der Waals surface area contributed by atoms with E-state index in [9.17, 15) is 14.0 Å². The number of ether oxygens (including phenoxy) is 3. The normalized spacial score (nSPS) is 11.1. The molecule has 0 aliphatic heterocycles. The molecule has 1 amide bonds. The summed E-state index contributed by atoms with van der Waals surface area (Å²) in [5.74, 6) is 0.149. The molecule has 0 aliphatic carbocycles. The number of aromatic nitrogens is 2. The summed E-state index contributed by atoms with van der Waals surface area (Å²) in [6, 6.07) is 14.4. The highest BCUT2D eigenvalue weighted by Gasteiger charge is 2.17. The Hall–Kier alpha value is -4.25. The molecule has 202 valence electrons. The van der Waals surface area contributed by atoms with Gasteiger partial charge in [-0.3, -0.25) is 9.59 Å². The zero-order valence-electron chi connectivity index (χ0n) is 21.5. The summed E-state index contributed by atoms with van der Waals surface area (Å²) >= 11 is 3.40. The average molecular weight is 597 g/mol. The van der Waals surface area contributed by atoms with Crippen LogP contribution in [0.2, 0.25) is 0 Å². The van der Waals surface area contributed by atoms with Gasteiger partial charge in [-0.2, -0.15) is 9.78 Å². The third kappa shape index (κ3) is 6.43. The quantitative estimate of drug-likeness (QED) is 0.253. The van der Waals surface area contributed by atoms with E-state index < -0.39 is 18.3 Å². The number of fused-ring (bicyclic) bond motifs is 1. The number of nitrogens with zero attached hydrogens (tertiary/aromatic N) is 3. The number of rotatable bonds is 10. The molecule has 0 aliphatic rings. The fourth-order valence-corrected chi connectivity index (χ4v) is 4.19. The van der Waals surface area contributed by atoms with Gasteiger partial charge in [0.2, 0.25) is 5.75 Å². The summed E-state index contributed by atoms with van der Waals surface area (Å²) in [6.45, 7) is 1.58. The topological polar surface area (TPSA) is 104 Å². The number of benzene rings is 3. The summed E-state index contributed by atoms with van der Waals surface area (Å²) in [6.07, 6.45) is 2.83. The van der Waals surface area contributed by atoms with E-state index in [4.69, 9.17) is 14.2 Å². The molecule has 4 aromatic rings. The Morgan fingerprint density at radius 3 is 2.51 bits per heavy atom. The van der Waals surface area contributed by atoms with Crippen molar-refractivity contribution in [3.8, 4) is 17.2 Å². The number of amides is 1. The number of hydrogen-bond acceptors (Lipinski definition) is 7. The predicted octanol–water partition coefficient (Wildman–Crippen LogP) is 5.17.